The van der Waals surface area contributed by atoms with Crippen molar-refractivity contribution in [2.45, 2.75) is 6.23 Å². The average Bonchev–Trinajstić information content (AvgIpc) is 1.87. The van der Waals surface area contributed by atoms with E-state index in [-0.39, 0.29) is 5.88 Å². The van der Waals surface area contributed by atoms with E-state index in [1.54, 1.807) is 0 Å². The Labute approximate surface area is 57.9 Å². The Morgan fingerprint density at radius 1 is 1.80 bits per heavy atom. The van der Waals surface area contributed by atoms with Crippen molar-refractivity contribution in [1.29, 1.82) is 0 Å². The summed E-state index contributed by atoms with van der Waals surface area (Å²) in [5.74, 6) is -1.37. The van der Waals surface area contributed by atoms with E-state index < -0.39 is 12.2 Å². The number of methoxy groups -OCH3 is 1. The summed E-state index contributed by atoms with van der Waals surface area (Å²) < 4.78 is 4.44. The summed E-state index contributed by atoms with van der Waals surface area (Å²) in [6, 6.07) is 0. The van der Waals surface area contributed by atoms with Gasteiger partial charge in [-0.2, -0.15) is 0 Å². The Bertz CT molecular complexity index is 145. The molecule has 0 aliphatic heterocycles. The molecule has 0 radical (unpaired) electrons. The number of hydrogen-bond donors (Lipinski definition) is 3. The third kappa shape index (κ3) is 2.93. The largest absolute Gasteiger partial charge is 0.483 e. The summed E-state index contributed by atoms with van der Waals surface area (Å²) >= 11 is 0. The zero-order valence-corrected chi connectivity index (χ0v) is 5.50. The van der Waals surface area contributed by atoms with Crippen LogP contribution in [0.4, 0.5) is 0 Å². The standard InChI is InChI=1S/C5H9NO4/c1-3(10-2)6-4(7)5(8)9/h4,6-7H,1H2,2H3,(H,8,9). The van der Waals surface area contributed by atoms with Gasteiger partial charge in [0.15, 0.2) is 5.88 Å². The molecule has 0 rings (SSSR count). The quantitative estimate of drug-likeness (QED) is 0.354. The van der Waals surface area contributed by atoms with Gasteiger partial charge < -0.3 is 20.3 Å². The van der Waals surface area contributed by atoms with Gasteiger partial charge in [-0.1, -0.05) is 0 Å². The van der Waals surface area contributed by atoms with Crippen LogP contribution in [-0.4, -0.2) is 29.5 Å². The van der Waals surface area contributed by atoms with Gasteiger partial charge in [0.05, 0.1) is 7.11 Å². The molecule has 10 heavy (non-hydrogen) atoms. The molecule has 0 bridgehead atoms. The van der Waals surface area contributed by atoms with Crippen LogP contribution < -0.4 is 5.32 Å². The summed E-state index contributed by atoms with van der Waals surface area (Å²) in [6.45, 7) is 3.24. The predicted octanol–water partition coefficient (Wildman–Crippen LogP) is -0.903. The smallest absolute Gasteiger partial charge is 0.353 e. The van der Waals surface area contributed by atoms with Crippen molar-refractivity contribution in [3.63, 3.8) is 0 Å². The highest BCUT2D eigenvalue weighted by Crippen LogP contribution is 1.86. The molecule has 0 fully saturated rings. The molecule has 3 N–H and O–H groups in total. The zero-order valence-electron chi connectivity index (χ0n) is 5.50. The van der Waals surface area contributed by atoms with Gasteiger partial charge in [-0.25, -0.2) is 4.79 Å². The summed E-state index contributed by atoms with van der Waals surface area (Å²) in [6.07, 6.45) is -1.66. The number of carboxylic acids is 1. The van der Waals surface area contributed by atoms with Gasteiger partial charge in [0.2, 0.25) is 6.23 Å². The van der Waals surface area contributed by atoms with Gasteiger partial charge in [-0.05, 0) is 6.58 Å². The number of aliphatic hydroxyl groups excluding tert-OH is 1. The molecule has 0 aromatic carbocycles. The first-order valence-corrected chi connectivity index (χ1v) is 2.48. The maximum Gasteiger partial charge on any atom is 0.353 e. The topological polar surface area (TPSA) is 78.8 Å². The van der Waals surface area contributed by atoms with Crippen molar-refractivity contribution in [2.24, 2.45) is 0 Å². The third-order valence-electron chi connectivity index (χ3n) is 0.778. The van der Waals surface area contributed by atoms with Crippen LogP contribution in [-0.2, 0) is 9.53 Å². The van der Waals surface area contributed by atoms with Crippen molar-refractivity contribution in [1.82, 2.24) is 5.32 Å². The zero-order chi connectivity index (χ0) is 8.15. The van der Waals surface area contributed by atoms with E-state index in [0.717, 1.165) is 0 Å². The first kappa shape index (κ1) is 8.77. The fourth-order valence-electron chi connectivity index (χ4n) is 0.273. The van der Waals surface area contributed by atoms with Gasteiger partial charge in [0.25, 0.3) is 0 Å². The molecule has 5 heteroatoms. The molecular formula is C5H9NO4. The Kier molecular flexibility index (Phi) is 3.27. The molecule has 1 unspecified atom stereocenters. The number of rotatable bonds is 4. The SMILES string of the molecule is C=C(NC(O)C(=O)O)OC. The van der Waals surface area contributed by atoms with Crippen LogP contribution >= 0.6 is 0 Å². The minimum atomic E-state index is -1.66. The Morgan fingerprint density at radius 2 is 2.30 bits per heavy atom. The van der Waals surface area contributed by atoms with E-state index in [0.29, 0.717) is 0 Å². The van der Waals surface area contributed by atoms with Crippen molar-refractivity contribution in [3.05, 3.63) is 12.5 Å². The lowest BCUT2D eigenvalue weighted by Gasteiger charge is -2.09. The van der Waals surface area contributed by atoms with E-state index in [2.05, 4.69) is 16.6 Å². The summed E-state index contributed by atoms with van der Waals surface area (Å²) in [5, 5.41) is 18.8. The lowest BCUT2D eigenvalue weighted by Crippen LogP contribution is -2.35. The van der Waals surface area contributed by atoms with Crippen molar-refractivity contribution in [2.75, 3.05) is 7.11 Å². The number of nitrogens with one attached hydrogen (secondary N) is 1. The molecule has 0 aromatic heterocycles. The fraction of sp³-hybridized carbons (Fsp3) is 0.400. The number of hydrogen-bond acceptors (Lipinski definition) is 4. The molecule has 0 saturated heterocycles. The number of aliphatic carboxylic acids is 1. The molecule has 0 spiro atoms. The Morgan fingerprint density at radius 3 is 2.60 bits per heavy atom. The number of carbonyl (C=O) groups is 1. The highest BCUT2D eigenvalue weighted by molar-refractivity contribution is 5.71. The van der Waals surface area contributed by atoms with Gasteiger partial charge >= 0.3 is 5.97 Å². The van der Waals surface area contributed by atoms with Crippen molar-refractivity contribution in [3.8, 4) is 0 Å². The van der Waals surface area contributed by atoms with Gasteiger partial charge in [0, 0.05) is 0 Å². The number of ether oxygens (including phenoxy) is 1. The first-order chi connectivity index (χ1) is 4.57. The van der Waals surface area contributed by atoms with E-state index in [9.17, 15) is 4.79 Å². The predicted molar refractivity (Wildman–Crippen MR) is 32.9 cm³/mol. The summed E-state index contributed by atoms with van der Waals surface area (Å²) in [5.41, 5.74) is 0. The Hall–Kier alpha value is -1.23. The molecule has 0 aromatic rings. The maximum atomic E-state index is 9.94. The first-order valence-electron chi connectivity index (χ1n) is 2.48. The third-order valence-corrected chi connectivity index (χ3v) is 0.778. The molecule has 5 nitrogen and oxygen atoms in total. The monoisotopic (exact) mass is 147 g/mol. The molecule has 0 aliphatic carbocycles. The number of carboxylic acid groups (broad SMARTS) is 1. The van der Waals surface area contributed by atoms with Crippen molar-refractivity contribution >= 4 is 5.97 Å². The van der Waals surface area contributed by atoms with Crippen LogP contribution in [0.25, 0.3) is 0 Å². The molecule has 58 valence electrons. The maximum absolute atomic E-state index is 9.94. The van der Waals surface area contributed by atoms with Gasteiger partial charge in [-0.3, -0.25) is 0 Å². The van der Waals surface area contributed by atoms with Gasteiger partial charge in [0.1, 0.15) is 0 Å². The van der Waals surface area contributed by atoms with Gasteiger partial charge in [-0.15, -0.1) is 0 Å². The lowest BCUT2D eigenvalue weighted by atomic mass is 10.6. The van der Waals surface area contributed by atoms with E-state index in [1.165, 1.54) is 7.11 Å². The highest BCUT2D eigenvalue weighted by Gasteiger charge is 2.12. The Balaban J connectivity index is 3.68. The molecule has 0 aliphatic rings. The minimum Gasteiger partial charge on any atom is -0.483 e. The average molecular weight is 147 g/mol. The second kappa shape index (κ2) is 3.73. The van der Waals surface area contributed by atoms with Crippen LogP contribution in [0.15, 0.2) is 12.5 Å². The summed E-state index contributed by atoms with van der Waals surface area (Å²) in [4.78, 5) is 9.94. The molecule has 1 atom stereocenters. The lowest BCUT2D eigenvalue weighted by molar-refractivity contribution is -0.148. The minimum absolute atomic E-state index is 0.00917. The number of aliphatic hydroxyl groups is 1. The van der Waals surface area contributed by atoms with Crippen LogP contribution in [0.3, 0.4) is 0 Å². The summed E-state index contributed by atoms with van der Waals surface area (Å²) in [7, 11) is 1.31. The second-order valence-electron chi connectivity index (χ2n) is 1.51. The van der Waals surface area contributed by atoms with Crippen molar-refractivity contribution < 1.29 is 19.7 Å². The van der Waals surface area contributed by atoms with E-state index >= 15 is 0 Å². The highest BCUT2D eigenvalue weighted by atomic mass is 16.5. The molecule has 0 heterocycles. The molecular weight excluding hydrogens is 138 g/mol. The van der Waals surface area contributed by atoms with Crippen LogP contribution in [0.5, 0.6) is 0 Å². The normalized spacial score (nSPS) is 11.8. The van der Waals surface area contributed by atoms with Crippen LogP contribution in [0.2, 0.25) is 0 Å². The van der Waals surface area contributed by atoms with Crippen LogP contribution in [0, 0.1) is 0 Å². The van der Waals surface area contributed by atoms with E-state index in [4.69, 9.17) is 10.2 Å². The molecule has 0 amide bonds. The second-order valence-corrected chi connectivity index (χ2v) is 1.51. The van der Waals surface area contributed by atoms with Crippen LogP contribution in [0.1, 0.15) is 0 Å². The molecule has 0 saturated carbocycles. The fourth-order valence-corrected chi connectivity index (χ4v) is 0.273. The van der Waals surface area contributed by atoms with E-state index in [1.807, 2.05) is 0 Å².